The molecule has 0 N–H and O–H groups in total. The number of carbonyl (C=O) groups excluding carboxylic acids is 1. The highest BCUT2D eigenvalue weighted by Crippen LogP contribution is 2.27. The third-order valence-corrected chi connectivity index (χ3v) is 7.36. The lowest BCUT2D eigenvalue weighted by Gasteiger charge is -2.39. The van der Waals surface area contributed by atoms with E-state index < -0.39 is 15.6 Å². The second-order valence-electron chi connectivity index (χ2n) is 7.44. The molecule has 144 valence electrons. The van der Waals surface area contributed by atoms with Gasteiger partial charge in [0.2, 0.25) is 5.91 Å². The van der Waals surface area contributed by atoms with Crippen LogP contribution in [0.25, 0.3) is 0 Å². The average Bonchev–Trinajstić information content (AvgIpc) is 3.17. The van der Waals surface area contributed by atoms with Crippen molar-refractivity contribution >= 4 is 16.1 Å². The predicted octanol–water partition coefficient (Wildman–Crippen LogP) is 1.59. The van der Waals surface area contributed by atoms with Crippen molar-refractivity contribution in [3.63, 3.8) is 0 Å². The molecule has 2 saturated heterocycles. The minimum absolute atomic E-state index is 0.110. The van der Waals surface area contributed by atoms with E-state index in [1.807, 2.05) is 0 Å². The van der Waals surface area contributed by atoms with Gasteiger partial charge in [0.1, 0.15) is 5.82 Å². The molecule has 0 unspecified atom stereocenters. The van der Waals surface area contributed by atoms with Crippen molar-refractivity contribution in [3.8, 4) is 0 Å². The molecule has 6 nitrogen and oxygen atoms in total. The molecule has 0 saturated carbocycles. The van der Waals surface area contributed by atoms with E-state index in [2.05, 4.69) is 0 Å². The van der Waals surface area contributed by atoms with Crippen LogP contribution in [0, 0.1) is 5.82 Å². The number of carbonyl (C=O) groups is 1. The Kier molecular flexibility index (Phi) is 5.37. The molecule has 2 aliphatic rings. The number of nitrogens with zero attached hydrogens (tertiary/aromatic N) is 3. The zero-order chi connectivity index (χ0) is 18.9. The SMILES string of the molecule is CC(C)(C(=O)N1CCN(S(=O)(=O)N2CCCC2)CC1)c1cccc(F)c1. The van der Waals surface area contributed by atoms with Crippen LogP contribution in [0.5, 0.6) is 0 Å². The first-order valence-electron chi connectivity index (χ1n) is 9.03. The van der Waals surface area contributed by atoms with Crippen LogP contribution < -0.4 is 0 Å². The monoisotopic (exact) mass is 383 g/mol. The molecule has 0 aromatic heterocycles. The van der Waals surface area contributed by atoms with E-state index in [-0.39, 0.29) is 11.7 Å². The minimum Gasteiger partial charge on any atom is -0.339 e. The molecule has 26 heavy (non-hydrogen) atoms. The smallest absolute Gasteiger partial charge is 0.282 e. The fourth-order valence-electron chi connectivity index (χ4n) is 3.60. The van der Waals surface area contributed by atoms with Gasteiger partial charge >= 0.3 is 0 Å². The minimum atomic E-state index is -3.43. The molecule has 2 fully saturated rings. The fraction of sp³-hybridized carbons (Fsp3) is 0.611. The van der Waals surface area contributed by atoms with E-state index in [0.29, 0.717) is 44.8 Å². The molecule has 0 radical (unpaired) electrons. The summed E-state index contributed by atoms with van der Waals surface area (Å²) in [6, 6.07) is 6.08. The summed E-state index contributed by atoms with van der Waals surface area (Å²) in [4.78, 5) is 14.7. The third-order valence-electron chi connectivity index (χ3n) is 5.32. The summed E-state index contributed by atoms with van der Waals surface area (Å²) < 4.78 is 41.8. The number of piperazine rings is 1. The van der Waals surface area contributed by atoms with Crippen molar-refractivity contribution in [2.45, 2.75) is 32.1 Å². The van der Waals surface area contributed by atoms with E-state index in [0.717, 1.165) is 12.8 Å². The van der Waals surface area contributed by atoms with E-state index in [1.165, 1.54) is 20.7 Å². The quantitative estimate of drug-likeness (QED) is 0.793. The predicted molar refractivity (Wildman–Crippen MR) is 97.3 cm³/mol. The molecule has 0 spiro atoms. The van der Waals surface area contributed by atoms with Gasteiger partial charge in [0.15, 0.2) is 0 Å². The number of amides is 1. The Morgan fingerprint density at radius 3 is 2.15 bits per heavy atom. The van der Waals surface area contributed by atoms with Crippen LogP contribution in [0.2, 0.25) is 0 Å². The summed E-state index contributed by atoms with van der Waals surface area (Å²) >= 11 is 0. The molecular weight excluding hydrogens is 357 g/mol. The molecule has 0 bridgehead atoms. The van der Waals surface area contributed by atoms with Gasteiger partial charge in [0.25, 0.3) is 10.2 Å². The summed E-state index contributed by atoms with van der Waals surface area (Å²) in [6.07, 6.45) is 1.80. The number of benzene rings is 1. The number of hydrogen-bond donors (Lipinski definition) is 0. The zero-order valence-corrected chi connectivity index (χ0v) is 16.1. The van der Waals surface area contributed by atoms with E-state index in [4.69, 9.17) is 0 Å². The Morgan fingerprint density at radius 2 is 1.58 bits per heavy atom. The maximum Gasteiger partial charge on any atom is 0.282 e. The Labute approximate surface area is 154 Å². The number of halogens is 1. The summed E-state index contributed by atoms with van der Waals surface area (Å²) in [5.41, 5.74) is -0.243. The van der Waals surface area contributed by atoms with Crippen LogP contribution in [-0.2, 0) is 20.4 Å². The Bertz CT molecular complexity index is 768. The molecular formula is C18H26FN3O3S. The van der Waals surface area contributed by atoms with Gasteiger partial charge in [-0.2, -0.15) is 17.0 Å². The van der Waals surface area contributed by atoms with E-state index in [9.17, 15) is 17.6 Å². The van der Waals surface area contributed by atoms with Gasteiger partial charge in [-0.1, -0.05) is 12.1 Å². The lowest BCUT2D eigenvalue weighted by Crippen LogP contribution is -2.56. The fourth-order valence-corrected chi connectivity index (χ4v) is 5.27. The van der Waals surface area contributed by atoms with E-state index in [1.54, 1.807) is 30.9 Å². The highest BCUT2D eigenvalue weighted by atomic mass is 32.2. The van der Waals surface area contributed by atoms with Crippen LogP contribution in [0.4, 0.5) is 4.39 Å². The first-order chi connectivity index (χ1) is 12.2. The summed E-state index contributed by atoms with van der Waals surface area (Å²) in [5.74, 6) is -0.480. The highest BCUT2D eigenvalue weighted by Gasteiger charge is 2.38. The summed E-state index contributed by atoms with van der Waals surface area (Å²) in [7, 11) is -3.43. The molecule has 2 aliphatic heterocycles. The second kappa shape index (κ2) is 7.25. The van der Waals surface area contributed by atoms with Crippen LogP contribution in [-0.4, -0.2) is 67.1 Å². The van der Waals surface area contributed by atoms with Gasteiger partial charge in [-0.05, 0) is 44.4 Å². The largest absolute Gasteiger partial charge is 0.339 e. The summed E-state index contributed by atoms with van der Waals surface area (Å²) in [6.45, 7) is 6.00. The molecule has 1 aromatic carbocycles. The Hall–Kier alpha value is -1.51. The lowest BCUT2D eigenvalue weighted by molar-refractivity contribution is -0.137. The van der Waals surface area contributed by atoms with Crippen LogP contribution in [0.15, 0.2) is 24.3 Å². The average molecular weight is 383 g/mol. The van der Waals surface area contributed by atoms with Crippen molar-refractivity contribution in [2.24, 2.45) is 0 Å². The van der Waals surface area contributed by atoms with Crippen molar-refractivity contribution < 1.29 is 17.6 Å². The highest BCUT2D eigenvalue weighted by molar-refractivity contribution is 7.86. The van der Waals surface area contributed by atoms with Crippen LogP contribution in [0.1, 0.15) is 32.3 Å². The van der Waals surface area contributed by atoms with Crippen molar-refractivity contribution in [3.05, 3.63) is 35.6 Å². The van der Waals surface area contributed by atoms with Gasteiger partial charge in [-0.25, -0.2) is 4.39 Å². The zero-order valence-electron chi connectivity index (χ0n) is 15.3. The van der Waals surface area contributed by atoms with Crippen LogP contribution in [0.3, 0.4) is 0 Å². The normalized spacial score (nSPS) is 20.5. The molecule has 1 amide bonds. The van der Waals surface area contributed by atoms with Crippen molar-refractivity contribution in [2.75, 3.05) is 39.3 Å². The number of hydrogen-bond acceptors (Lipinski definition) is 3. The maximum atomic E-state index is 13.5. The van der Waals surface area contributed by atoms with Gasteiger partial charge < -0.3 is 4.90 Å². The van der Waals surface area contributed by atoms with Crippen molar-refractivity contribution in [1.82, 2.24) is 13.5 Å². The third kappa shape index (κ3) is 3.63. The van der Waals surface area contributed by atoms with E-state index >= 15 is 0 Å². The molecule has 1 aromatic rings. The van der Waals surface area contributed by atoms with Gasteiger partial charge in [-0.3, -0.25) is 4.79 Å². The topological polar surface area (TPSA) is 60.9 Å². The van der Waals surface area contributed by atoms with Crippen molar-refractivity contribution in [1.29, 1.82) is 0 Å². The first kappa shape index (κ1) is 19.3. The summed E-state index contributed by atoms with van der Waals surface area (Å²) in [5, 5.41) is 0. The molecule has 2 heterocycles. The second-order valence-corrected chi connectivity index (χ2v) is 9.37. The molecule has 0 atom stereocenters. The standard InChI is InChI=1S/C18H26FN3O3S/c1-18(2,15-6-5-7-16(19)14-15)17(23)20-10-12-22(13-11-20)26(24,25)21-8-3-4-9-21/h5-7,14H,3-4,8-13H2,1-2H3. The molecule has 8 heteroatoms. The van der Waals surface area contributed by atoms with Crippen LogP contribution >= 0.6 is 0 Å². The van der Waals surface area contributed by atoms with Gasteiger partial charge in [-0.15, -0.1) is 0 Å². The first-order valence-corrected chi connectivity index (χ1v) is 10.4. The Balaban J connectivity index is 1.66. The number of rotatable bonds is 4. The van der Waals surface area contributed by atoms with Gasteiger partial charge in [0.05, 0.1) is 5.41 Å². The van der Waals surface area contributed by atoms with Gasteiger partial charge in [0, 0.05) is 39.3 Å². The maximum absolute atomic E-state index is 13.5. The molecule has 0 aliphatic carbocycles. The molecule has 3 rings (SSSR count). The lowest BCUT2D eigenvalue weighted by atomic mass is 9.83. The Morgan fingerprint density at radius 1 is 1.00 bits per heavy atom.